The molecule has 0 aromatic rings. The molecule has 0 aliphatic rings. The van der Waals surface area contributed by atoms with Gasteiger partial charge >= 0.3 is 39.5 Å². The normalized spacial score (nSPS) is 14.8. The van der Waals surface area contributed by atoms with E-state index < -0.39 is 97.5 Å². The second kappa shape index (κ2) is 54.2. The summed E-state index contributed by atoms with van der Waals surface area (Å²) in [5.74, 6) is 0.742. The van der Waals surface area contributed by atoms with Gasteiger partial charge in [-0.3, -0.25) is 37.3 Å². The predicted molar refractivity (Wildman–Crippen MR) is 331 cm³/mol. The number of unbranched alkanes of at least 4 members (excludes halogenated alkanes) is 26. The first-order valence-electron chi connectivity index (χ1n) is 33.2. The second-order valence-electron chi connectivity index (χ2n) is 24.8. The molecule has 0 fully saturated rings. The highest BCUT2D eigenvalue weighted by Crippen LogP contribution is 2.45. The van der Waals surface area contributed by atoms with E-state index in [0.717, 1.165) is 115 Å². The first kappa shape index (κ1) is 81.1. The molecule has 3 unspecified atom stereocenters. The summed E-state index contributed by atoms with van der Waals surface area (Å²) in [6.07, 6.45) is 33.6. The van der Waals surface area contributed by atoms with E-state index in [1.54, 1.807) is 0 Å². The summed E-state index contributed by atoms with van der Waals surface area (Å²) in [7, 11) is -9.89. The Morgan fingerprint density at radius 1 is 0.337 bits per heavy atom. The summed E-state index contributed by atoms with van der Waals surface area (Å²) < 4.78 is 68.0. The minimum Gasteiger partial charge on any atom is -0.462 e. The van der Waals surface area contributed by atoms with Gasteiger partial charge in [0.1, 0.15) is 19.3 Å². The fourth-order valence-corrected chi connectivity index (χ4v) is 11.0. The van der Waals surface area contributed by atoms with E-state index in [0.29, 0.717) is 37.5 Å². The SMILES string of the molecule is CCC(C)CCCCCCCCC(=O)OC[C@H](COP(=O)(O)OC[C@H](O)COP(=O)(O)OC[C@@H](COC(=O)CCCCCCCCCC(C)C)OC(=O)CCCCCCCCCC(C)C)OC(=O)CCCCCCCCCCCCC(C)C. The molecule has 0 aliphatic carbocycles. The van der Waals surface area contributed by atoms with Crippen LogP contribution in [-0.2, 0) is 65.4 Å². The van der Waals surface area contributed by atoms with Crippen molar-refractivity contribution in [2.24, 2.45) is 23.7 Å². The molecule has 0 heterocycles. The van der Waals surface area contributed by atoms with Crippen molar-refractivity contribution in [3.8, 4) is 0 Å². The standard InChI is InChI=1S/C64H124O17P2/c1-9-57(8)43-35-27-22-23-29-37-45-62(67)75-51-60(80-63(68)46-38-30-19-13-11-10-12-16-24-32-40-54(2)3)53-79-83(72,73)77-49-58(65)48-76-82(70,71)78-52-59(81-64(69)47-39-31-21-15-18-26-34-42-56(6)7)50-74-61(66)44-36-28-20-14-17-25-33-41-55(4)5/h54-60,65H,9-53H2,1-8H3,(H,70,71)(H,72,73)/t57?,58-,59-,60-/m1/s1. The fraction of sp³-hybridized carbons (Fsp3) is 0.938. The first-order chi connectivity index (χ1) is 39.6. The molecule has 17 nitrogen and oxygen atoms in total. The quantitative estimate of drug-likeness (QED) is 0.0222. The number of aliphatic hydroxyl groups is 1. The van der Waals surface area contributed by atoms with Gasteiger partial charge in [-0.05, 0) is 49.4 Å². The maximum atomic E-state index is 13.0. The summed E-state index contributed by atoms with van der Waals surface area (Å²) >= 11 is 0. The van der Waals surface area contributed by atoms with Crippen LogP contribution in [0.1, 0.15) is 306 Å². The van der Waals surface area contributed by atoms with Crippen LogP contribution in [0.25, 0.3) is 0 Å². The van der Waals surface area contributed by atoms with Gasteiger partial charge in [-0.15, -0.1) is 0 Å². The van der Waals surface area contributed by atoms with Crippen molar-refractivity contribution < 1.29 is 80.2 Å². The Labute approximate surface area is 505 Å². The topological polar surface area (TPSA) is 237 Å². The Kier molecular flexibility index (Phi) is 53.0. The second-order valence-corrected chi connectivity index (χ2v) is 27.7. The molecular formula is C64H124O17P2. The van der Waals surface area contributed by atoms with E-state index >= 15 is 0 Å². The van der Waals surface area contributed by atoms with Crippen LogP contribution in [0, 0.1) is 23.7 Å². The number of ether oxygens (including phenoxy) is 4. The molecule has 0 spiro atoms. The van der Waals surface area contributed by atoms with E-state index in [1.165, 1.54) is 96.3 Å². The minimum atomic E-state index is -4.95. The molecule has 83 heavy (non-hydrogen) atoms. The summed E-state index contributed by atoms with van der Waals surface area (Å²) in [5.41, 5.74) is 0. The number of carbonyl (C=O) groups excluding carboxylic acids is 4. The first-order valence-corrected chi connectivity index (χ1v) is 36.2. The summed E-state index contributed by atoms with van der Waals surface area (Å²) in [6.45, 7) is 13.9. The van der Waals surface area contributed by atoms with E-state index in [1.807, 2.05) is 0 Å². The van der Waals surface area contributed by atoms with E-state index in [-0.39, 0.29) is 25.7 Å². The van der Waals surface area contributed by atoms with Crippen molar-refractivity contribution in [1.29, 1.82) is 0 Å². The number of carbonyl (C=O) groups is 4. The van der Waals surface area contributed by atoms with Gasteiger partial charge in [0.15, 0.2) is 12.2 Å². The van der Waals surface area contributed by atoms with E-state index in [4.69, 9.17) is 37.0 Å². The Morgan fingerprint density at radius 2 is 0.578 bits per heavy atom. The maximum Gasteiger partial charge on any atom is 0.472 e. The molecule has 0 aromatic heterocycles. The minimum absolute atomic E-state index is 0.102. The summed E-state index contributed by atoms with van der Waals surface area (Å²) in [5, 5.41) is 10.5. The Morgan fingerprint density at radius 3 is 0.855 bits per heavy atom. The number of hydrogen-bond donors (Lipinski definition) is 3. The molecule has 0 aromatic carbocycles. The van der Waals surface area contributed by atoms with Crippen molar-refractivity contribution in [3.63, 3.8) is 0 Å². The monoisotopic (exact) mass is 1230 g/mol. The zero-order valence-electron chi connectivity index (χ0n) is 53.8. The lowest BCUT2D eigenvalue weighted by Crippen LogP contribution is -2.30. The largest absolute Gasteiger partial charge is 0.472 e. The van der Waals surface area contributed by atoms with Gasteiger partial charge in [0, 0.05) is 25.7 Å². The number of esters is 4. The van der Waals surface area contributed by atoms with Crippen molar-refractivity contribution in [1.82, 2.24) is 0 Å². The zero-order valence-corrected chi connectivity index (χ0v) is 55.6. The molecule has 0 aliphatic heterocycles. The Bertz CT molecular complexity index is 1660. The summed E-state index contributed by atoms with van der Waals surface area (Å²) in [6, 6.07) is 0. The number of hydrogen-bond acceptors (Lipinski definition) is 15. The highest BCUT2D eigenvalue weighted by molar-refractivity contribution is 7.47. The fourth-order valence-electron chi connectivity index (χ4n) is 9.40. The van der Waals surface area contributed by atoms with Gasteiger partial charge < -0.3 is 33.8 Å². The van der Waals surface area contributed by atoms with Gasteiger partial charge in [0.25, 0.3) is 0 Å². The van der Waals surface area contributed by atoms with Crippen LogP contribution in [0.5, 0.6) is 0 Å². The van der Waals surface area contributed by atoms with Gasteiger partial charge in [-0.2, -0.15) is 0 Å². The number of rotatable bonds is 61. The molecule has 0 amide bonds. The van der Waals surface area contributed by atoms with E-state index in [9.17, 15) is 43.2 Å². The van der Waals surface area contributed by atoms with Crippen LogP contribution < -0.4 is 0 Å². The van der Waals surface area contributed by atoms with Crippen LogP contribution in [0.3, 0.4) is 0 Å². The predicted octanol–water partition coefficient (Wildman–Crippen LogP) is 17.4. The van der Waals surface area contributed by atoms with Crippen LogP contribution in [0.2, 0.25) is 0 Å². The van der Waals surface area contributed by atoms with Crippen molar-refractivity contribution in [2.45, 2.75) is 324 Å². The van der Waals surface area contributed by atoms with Gasteiger partial charge in [-0.1, -0.05) is 254 Å². The average molecular weight is 1230 g/mol. The van der Waals surface area contributed by atoms with Crippen LogP contribution >= 0.6 is 15.6 Å². The maximum absolute atomic E-state index is 13.0. The zero-order chi connectivity index (χ0) is 61.8. The number of aliphatic hydroxyl groups excluding tert-OH is 1. The van der Waals surface area contributed by atoms with Crippen LogP contribution in [0.4, 0.5) is 0 Å². The number of phosphoric acid groups is 2. The van der Waals surface area contributed by atoms with Crippen molar-refractivity contribution in [3.05, 3.63) is 0 Å². The summed E-state index contributed by atoms with van der Waals surface area (Å²) in [4.78, 5) is 72.2. The number of phosphoric ester groups is 2. The molecule has 0 radical (unpaired) electrons. The van der Waals surface area contributed by atoms with Gasteiger partial charge in [0.2, 0.25) is 0 Å². The molecule has 19 heteroatoms. The molecule has 3 N–H and O–H groups in total. The van der Waals surface area contributed by atoms with Gasteiger partial charge in [-0.25, -0.2) is 9.13 Å². The lowest BCUT2D eigenvalue weighted by Gasteiger charge is -2.21. The van der Waals surface area contributed by atoms with Crippen molar-refractivity contribution >= 4 is 39.5 Å². The highest BCUT2D eigenvalue weighted by atomic mass is 31.2. The third-order valence-corrected chi connectivity index (χ3v) is 16.8. The molecule has 0 rings (SSSR count). The third-order valence-electron chi connectivity index (χ3n) is 14.9. The molecule has 0 saturated heterocycles. The highest BCUT2D eigenvalue weighted by Gasteiger charge is 2.30. The third kappa shape index (κ3) is 57.6. The molecular weight excluding hydrogens is 1100 g/mol. The lowest BCUT2D eigenvalue weighted by molar-refractivity contribution is -0.161. The van der Waals surface area contributed by atoms with Crippen LogP contribution in [-0.4, -0.2) is 96.7 Å². The van der Waals surface area contributed by atoms with Crippen LogP contribution in [0.15, 0.2) is 0 Å². The lowest BCUT2D eigenvalue weighted by atomic mass is 10.00. The van der Waals surface area contributed by atoms with Crippen molar-refractivity contribution in [2.75, 3.05) is 39.6 Å². The molecule has 0 saturated carbocycles. The average Bonchev–Trinajstić information content (AvgIpc) is 3.43. The smallest absolute Gasteiger partial charge is 0.462 e. The molecule has 6 atom stereocenters. The molecule has 0 bridgehead atoms. The Balaban J connectivity index is 5.26. The molecule has 492 valence electrons. The Hall–Kier alpha value is -1.94. The van der Waals surface area contributed by atoms with E-state index in [2.05, 4.69) is 55.4 Å². The van der Waals surface area contributed by atoms with Gasteiger partial charge in [0.05, 0.1) is 26.4 Å².